The van der Waals surface area contributed by atoms with Gasteiger partial charge in [-0.1, -0.05) is 13.8 Å². The zero-order valence-corrected chi connectivity index (χ0v) is 9.19. The highest BCUT2D eigenvalue weighted by Crippen LogP contribution is 2.44. The first kappa shape index (κ1) is 10.4. The molecule has 0 aromatic carbocycles. The average molecular weight is 184 g/mol. The van der Waals surface area contributed by atoms with Gasteiger partial charge in [-0.05, 0) is 32.6 Å². The first-order valence-corrected chi connectivity index (χ1v) is 4.79. The number of urea groups is 1. The van der Waals surface area contributed by atoms with Gasteiger partial charge < -0.3 is 10.6 Å². The quantitative estimate of drug-likeness (QED) is 0.642. The summed E-state index contributed by atoms with van der Waals surface area (Å²) in [4.78, 5) is 11.4. The molecule has 3 heteroatoms. The van der Waals surface area contributed by atoms with Crippen molar-refractivity contribution in [3.8, 4) is 0 Å². The average Bonchev–Trinajstić information content (AvgIpc) is 2.32. The van der Waals surface area contributed by atoms with Crippen LogP contribution in [0.3, 0.4) is 0 Å². The van der Waals surface area contributed by atoms with Gasteiger partial charge in [0.2, 0.25) is 0 Å². The standard InChI is InChI=1S/C10H20N2O/c1-9(2,3)12-8(13)11-7-6-10(7,4)5/h7H,6H2,1-5H3,(H2,11,12,13). The van der Waals surface area contributed by atoms with E-state index in [1.165, 1.54) is 0 Å². The molecule has 0 aromatic rings. The van der Waals surface area contributed by atoms with Gasteiger partial charge in [-0.3, -0.25) is 0 Å². The lowest BCUT2D eigenvalue weighted by Gasteiger charge is -2.21. The fourth-order valence-corrected chi connectivity index (χ4v) is 1.25. The maximum atomic E-state index is 11.4. The molecule has 13 heavy (non-hydrogen) atoms. The number of hydrogen-bond donors (Lipinski definition) is 2. The van der Waals surface area contributed by atoms with Crippen LogP contribution in [0.4, 0.5) is 4.79 Å². The molecular formula is C10H20N2O. The molecule has 1 aliphatic carbocycles. The van der Waals surface area contributed by atoms with Gasteiger partial charge in [0.1, 0.15) is 0 Å². The van der Waals surface area contributed by atoms with E-state index in [2.05, 4.69) is 24.5 Å². The summed E-state index contributed by atoms with van der Waals surface area (Å²) in [6.45, 7) is 10.3. The molecule has 0 bridgehead atoms. The van der Waals surface area contributed by atoms with Gasteiger partial charge in [0.25, 0.3) is 0 Å². The molecule has 0 radical (unpaired) electrons. The van der Waals surface area contributed by atoms with Gasteiger partial charge in [-0.2, -0.15) is 0 Å². The number of carbonyl (C=O) groups is 1. The highest BCUT2D eigenvalue weighted by molar-refractivity contribution is 5.75. The Morgan fingerprint density at radius 1 is 1.38 bits per heavy atom. The fourth-order valence-electron chi connectivity index (χ4n) is 1.25. The van der Waals surface area contributed by atoms with E-state index in [9.17, 15) is 4.79 Å². The zero-order valence-electron chi connectivity index (χ0n) is 9.19. The van der Waals surface area contributed by atoms with E-state index in [-0.39, 0.29) is 11.6 Å². The summed E-state index contributed by atoms with van der Waals surface area (Å²) in [5.74, 6) is 0. The number of amides is 2. The van der Waals surface area contributed by atoms with E-state index in [0.29, 0.717) is 11.5 Å². The van der Waals surface area contributed by atoms with Crippen LogP contribution in [-0.4, -0.2) is 17.6 Å². The Balaban J connectivity index is 2.28. The SMILES string of the molecule is CC(C)(C)NC(=O)NC1CC1(C)C. The second-order valence-electron chi connectivity index (χ2n) is 5.59. The summed E-state index contributed by atoms with van der Waals surface area (Å²) in [6.07, 6.45) is 1.09. The van der Waals surface area contributed by atoms with Crippen molar-refractivity contribution in [1.29, 1.82) is 0 Å². The molecule has 0 spiro atoms. The number of hydrogen-bond acceptors (Lipinski definition) is 1. The van der Waals surface area contributed by atoms with Crippen LogP contribution < -0.4 is 10.6 Å². The lowest BCUT2D eigenvalue weighted by atomic mass is 10.1. The summed E-state index contributed by atoms with van der Waals surface area (Å²) in [5, 5.41) is 5.83. The van der Waals surface area contributed by atoms with Crippen molar-refractivity contribution in [2.24, 2.45) is 5.41 Å². The lowest BCUT2D eigenvalue weighted by molar-refractivity contribution is 0.230. The molecule has 76 valence electrons. The fraction of sp³-hybridized carbons (Fsp3) is 0.900. The second-order valence-corrected chi connectivity index (χ2v) is 5.59. The summed E-state index contributed by atoms with van der Waals surface area (Å²) < 4.78 is 0. The Labute approximate surface area is 80.3 Å². The highest BCUT2D eigenvalue weighted by Gasteiger charge is 2.46. The minimum absolute atomic E-state index is 0.0527. The zero-order chi connectivity index (χ0) is 10.3. The maximum absolute atomic E-state index is 11.4. The lowest BCUT2D eigenvalue weighted by Crippen LogP contribution is -2.47. The molecule has 1 fully saturated rings. The van der Waals surface area contributed by atoms with Crippen LogP contribution in [0, 0.1) is 5.41 Å². The largest absolute Gasteiger partial charge is 0.335 e. The Hall–Kier alpha value is -0.730. The third kappa shape index (κ3) is 3.25. The highest BCUT2D eigenvalue weighted by atomic mass is 16.2. The molecule has 2 N–H and O–H groups in total. The summed E-state index contributed by atoms with van der Waals surface area (Å²) in [5.41, 5.74) is 0.151. The third-order valence-corrected chi connectivity index (χ3v) is 2.31. The predicted molar refractivity (Wildman–Crippen MR) is 53.6 cm³/mol. The van der Waals surface area contributed by atoms with Crippen LogP contribution in [0.5, 0.6) is 0 Å². The van der Waals surface area contributed by atoms with Gasteiger partial charge in [-0.15, -0.1) is 0 Å². The Kier molecular flexibility index (Phi) is 2.30. The predicted octanol–water partition coefficient (Wildman–Crippen LogP) is 1.88. The number of rotatable bonds is 1. The van der Waals surface area contributed by atoms with Gasteiger partial charge in [0.05, 0.1) is 0 Å². The smallest absolute Gasteiger partial charge is 0.315 e. The molecule has 0 saturated heterocycles. The third-order valence-electron chi connectivity index (χ3n) is 2.31. The van der Waals surface area contributed by atoms with E-state index in [4.69, 9.17) is 0 Å². The van der Waals surface area contributed by atoms with Gasteiger partial charge in [0.15, 0.2) is 0 Å². The van der Waals surface area contributed by atoms with E-state index in [0.717, 1.165) is 6.42 Å². The van der Waals surface area contributed by atoms with Gasteiger partial charge in [-0.25, -0.2) is 4.79 Å². The van der Waals surface area contributed by atoms with Crippen LogP contribution in [-0.2, 0) is 0 Å². The van der Waals surface area contributed by atoms with Crippen molar-refractivity contribution in [2.75, 3.05) is 0 Å². The number of carbonyl (C=O) groups excluding carboxylic acids is 1. The summed E-state index contributed by atoms with van der Waals surface area (Å²) >= 11 is 0. The molecule has 0 aromatic heterocycles. The van der Waals surface area contributed by atoms with E-state index in [1.807, 2.05) is 20.8 Å². The molecular weight excluding hydrogens is 164 g/mol. The van der Waals surface area contributed by atoms with Crippen LogP contribution in [0.1, 0.15) is 41.0 Å². The Morgan fingerprint density at radius 2 is 1.85 bits per heavy atom. The molecule has 1 aliphatic rings. The van der Waals surface area contributed by atoms with Gasteiger partial charge in [0, 0.05) is 11.6 Å². The van der Waals surface area contributed by atoms with Crippen molar-refractivity contribution in [3.05, 3.63) is 0 Å². The molecule has 0 aliphatic heterocycles. The second kappa shape index (κ2) is 2.89. The van der Waals surface area contributed by atoms with Crippen LogP contribution in [0.25, 0.3) is 0 Å². The van der Waals surface area contributed by atoms with Gasteiger partial charge >= 0.3 is 6.03 Å². The minimum Gasteiger partial charge on any atom is -0.335 e. The Bertz CT molecular complexity index is 215. The Morgan fingerprint density at radius 3 is 2.15 bits per heavy atom. The first-order chi connectivity index (χ1) is 5.71. The molecule has 1 unspecified atom stereocenters. The molecule has 1 rings (SSSR count). The molecule has 1 saturated carbocycles. The van der Waals surface area contributed by atoms with Crippen molar-refractivity contribution in [1.82, 2.24) is 10.6 Å². The minimum atomic E-state index is -0.150. The topological polar surface area (TPSA) is 41.1 Å². The maximum Gasteiger partial charge on any atom is 0.315 e. The van der Waals surface area contributed by atoms with E-state index < -0.39 is 0 Å². The molecule has 0 heterocycles. The monoisotopic (exact) mass is 184 g/mol. The number of nitrogens with one attached hydrogen (secondary N) is 2. The van der Waals surface area contributed by atoms with Crippen molar-refractivity contribution < 1.29 is 4.79 Å². The van der Waals surface area contributed by atoms with E-state index >= 15 is 0 Å². The van der Waals surface area contributed by atoms with Crippen molar-refractivity contribution in [3.63, 3.8) is 0 Å². The molecule has 2 amide bonds. The van der Waals surface area contributed by atoms with E-state index in [1.54, 1.807) is 0 Å². The van der Waals surface area contributed by atoms with Crippen molar-refractivity contribution >= 4 is 6.03 Å². The summed E-state index contributed by atoms with van der Waals surface area (Å²) in [6, 6.07) is 0.304. The normalized spacial score (nSPS) is 25.2. The van der Waals surface area contributed by atoms with Crippen molar-refractivity contribution in [2.45, 2.75) is 52.6 Å². The summed E-state index contributed by atoms with van der Waals surface area (Å²) in [7, 11) is 0. The van der Waals surface area contributed by atoms with Crippen LogP contribution in [0.2, 0.25) is 0 Å². The van der Waals surface area contributed by atoms with Crippen LogP contribution >= 0.6 is 0 Å². The molecule has 1 atom stereocenters. The molecule has 3 nitrogen and oxygen atoms in total. The first-order valence-electron chi connectivity index (χ1n) is 4.79. The van der Waals surface area contributed by atoms with Crippen LogP contribution in [0.15, 0.2) is 0 Å².